The smallest absolute Gasteiger partial charge is 0.104 e. The molecule has 0 amide bonds. The van der Waals surface area contributed by atoms with Gasteiger partial charge in [-0.25, -0.2) is 0 Å². The van der Waals surface area contributed by atoms with Crippen molar-refractivity contribution < 1.29 is 14.2 Å². The van der Waals surface area contributed by atoms with E-state index in [1.165, 1.54) is 25.7 Å². The van der Waals surface area contributed by atoms with Gasteiger partial charge < -0.3 is 14.2 Å². The molecule has 0 bridgehead atoms. The maximum Gasteiger partial charge on any atom is 0.104 e. The number of hydrogen-bond donors (Lipinski definition) is 0. The van der Waals surface area contributed by atoms with Gasteiger partial charge in [0.05, 0.1) is 26.4 Å². The summed E-state index contributed by atoms with van der Waals surface area (Å²) >= 11 is 0. The number of rotatable bonds is 4. The lowest BCUT2D eigenvalue weighted by atomic mass is 10.0. The molecule has 2 unspecified atom stereocenters. The Kier molecular flexibility index (Phi) is 4.82. The second-order valence-corrected chi connectivity index (χ2v) is 4.74. The Bertz CT molecular complexity index is 217. The minimum Gasteiger partial charge on any atom is -0.376 e. The zero-order chi connectivity index (χ0) is 11.2. The lowest BCUT2D eigenvalue weighted by Crippen LogP contribution is -2.06. The van der Waals surface area contributed by atoms with E-state index in [2.05, 4.69) is 13.0 Å². The Hall–Kier alpha value is -0.380. The fourth-order valence-corrected chi connectivity index (χ4v) is 1.66. The van der Waals surface area contributed by atoms with Crippen LogP contribution in [0.4, 0.5) is 0 Å². The summed E-state index contributed by atoms with van der Waals surface area (Å²) in [6.45, 7) is 5.48. The Morgan fingerprint density at radius 1 is 1.19 bits per heavy atom. The van der Waals surface area contributed by atoms with Crippen molar-refractivity contribution >= 4 is 0 Å². The standard InChI is InChI=1S/C7H12.C6H10O3/c1-7-5-3-2-4-6-7;1(5-3-8-5)7-2-6-4-9-6/h5H,2-4,6H2,1H3;5-6H,1-4H2. The largest absolute Gasteiger partial charge is 0.376 e. The summed E-state index contributed by atoms with van der Waals surface area (Å²) in [5, 5.41) is 0. The average molecular weight is 226 g/mol. The van der Waals surface area contributed by atoms with Crippen molar-refractivity contribution in [1.82, 2.24) is 0 Å². The van der Waals surface area contributed by atoms with E-state index in [0.29, 0.717) is 12.2 Å². The molecule has 2 aliphatic heterocycles. The lowest BCUT2D eigenvalue weighted by Gasteiger charge is -2.05. The predicted octanol–water partition coefficient (Wildman–Crippen LogP) is 2.31. The number of hydrogen-bond acceptors (Lipinski definition) is 3. The normalized spacial score (nSPS) is 31.2. The topological polar surface area (TPSA) is 34.3 Å². The second kappa shape index (κ2) is 6.38. The molecule has 2 saturated heterocycles. The summed E-state index contributed by atoms with van der Waals surface area (Å²) in [6, 6.07) is 0. The molecule has 16 heavy (non-hydrogen) atoms. The van der Waals surface area contributed by atoms with E-state index < -0.39 is 0 Å². The van der Waals surface area contributed by atoms with E-state index >= 15 is 0 Å². The van der Waals surface area contributed by atoms with Crippen molar-refractivity contribution in [2.45, 2.75) is 44.8 Å². The maximum absolute atomic E-state index is 5.23. The van der Waals surface area contributed by atoms with Gasteiger partial charge in [0.2, 0.25) is 0 Å². The highest BCUT2D eigenvalue weighted by molar-refractivity contribution is 5.00. The van der Waals surface area contributed by atoms with Crippen LogP contribution in [0.5, 0.6) is 0 Å². The molecule has 92 valence electrons. The second-order valence-electron chi connectivity index (χ2n) is 4.74. The average Bonchev–Trinajstić information content (AvgIpc) is 3.14. The van der Waals surface area contributed by atoms with Gasteiger partial charge in [-0.05, 0) is 32.6 Å². The minimum absolute atomic E-state index is 0.392. The van der Waals surface area contributed by atoms with Gasteiger partial charge in [0.15, 0.2) is 0 Å². The zero-order valence-electron chi connectivity index (χ0n) is 10.1. The zero-order valence-corrected chi connectivity index (χ0v) is 10.1. The van der Waals surface area contributed by atoms with Gasteiger partial charge >= 0.3 is 0 Å². The Morgan fingerprint density at radius 2 is 1.81 bits per heavy atom. The predicted molar refractivity (Wildman–Crippen MR) is 62.5 cm³/mol. The highest BCUT2D eigenvalue weighted by Gasteiger charge is 2.26. The van der Waals surface area contributed by atoms with E-state index in [0.717, 1.165) is 26.4 Å². The van der Waals surface area contributed by atoms with Gasteiger partial charge in [0.25, 0.3) is 0 Å². The quantitative estimate of drug-likeness (QED) is 0.545. The van der Waals surface area contributed by atoms with E-state index in [-0.39, 0.29) is 0 Å². The fourth-order valence-electron chi connectivity index (χ4n) is 1.66. The molecule has 0 radical (unpaired) electrons. The van der Waals surface area contributed by atoms with Crippen LogP contribution >= 0.6 is 0 Å². The van der Waals surface area contributed by atoms with Crippen LogP contribution in [0.3, 0.4) is 0 Å². The molecule has 2 fully saturated rings. The summed E-state index contributed by atoms with van der Waals surface area (Å²) in [5.74, 6) is 0. The van der Waals surface area contributed by atoms with Gasteiger partial charge in [-0.2, -0.15) is 0 Å². The molecule has 0 aromatic carbocycles. The summed E-state index contributed by atoms with van der Waals surface area (Å²) in [4.78, 5) is 0. The van der Waals surface area contributed by atoms with E-state index in [4.69, 9.17) is 14.2 Å². The van der Waals surface area contributed by atoms with Crippen LogP contribution in [0.2, 0.25) is 0 Å². The maximum atomic E-state index is 5.23. The lowest BCUT2D eigenvalue weighted by molar-refractivity contribution is 0.102. The van der Waals surface area contributed by atoms with E-state index in [1.54, 1.807) is 5.57 Å². The highest BCUT2D eigenvalue weighted by Crippen LogP contribution is 2.15. The Balaban J connectivity index is 0.000000125. The van der Waals surface area contributed by atoms with Crippen molar-refractivity contribution in [3.63, 3.8) is 0 Å². The molecular weight excluding hydrogens is 204 g/mol. The summed E-state index contributed by atoms with van der Waals surface area (Å²) in [7, 11) is 0. The summed E-state index contributed by atoms with van der Waals surface area (Å²) in [5.41, 5.74) is 1.59. The SMILES string of the molecule is C(OCC1CO1)C1CO1.CC1=CCCCC1. The third-order valence-corrected chi connectivity index (χ3v) is 2.93. The minimum atomic E-state index is 0.392. The van der Waals surface area contributed by atoms with Crippen LogP contribution in [-0.2, 0) is 14.2 Å². The van der Waals surface area contributed by atoms with E-state index in [1.807, 2.05) is 0 Å². The monoisotopic (exact) mass is 226 g/mol. The molecule has 2 atom stereocenters. The molecule has 0 aromatic rings. The molecule has 3 rings (SSSR count). The van der Waals surface area contributed by atoms with Gasteiger partial charge in [-0.3, -0.25) is 0 Å². The molecule has 0 N–H and O–H groups in total. The highest BCUT2D eigenvalue weighted by atomic mass is 16.6. The van der Waals surface area contributed by atoms with Crippen molar-refractivity contribution in [2.24, 2.45) is 0 Å². The van der Waals surface area contributed by atoms with Crippen LogP contribution in [-0.4, -0.2) is 38.6 Å². The number of ether oxygens (including phenoxy) is 3. The van der Waals surface area contributed by atoms with Crippen molar-refractivity contribution in [3.05, 3.63) is 11.6 Å². The molecule has 3 nitrogen and oxygen atoms in total. The molecule has 2 heterocycles. The van der Waals surface area contributed by atoms with E-state index in [9.17, 15) is 0 Å². The van der Waals surface area contributed by atoms with Gasteiger partial charge in [0.1, 0.15) is 12.2 Å². The molecule has 1 aliphatic carbocycles. The van der Waals surface area contributed by atoms with Crippen LogP contribution in [0, 0.1) is 0 Å². The molecule has 0 aromatic heterocycles. The Labute approximate surface area is 97.8 Å². The van der Waals surface area contributed by atoms with Crippen LogP contribution in [0.1, 0.15) is 32.6 Å². The molecule has 3 aliphatic rings. The summed E-state index contributed by atoms with van der Waals surface area (Å²) < 4.78 is 15.1. The van der Waals surface area contributed by atoms with Crippen LogP contribution in [0.15, 0.2) is 11.6 Å². The van der Waals surface area contributed by atoms with Gasteiger partial charge in [-0.15, -0.1) is 0 Å². The van der Waals surface area contributed by atoms with Crippen LogP contribution in [0.25, 0.3) is 0 Å². The third-order valence-electron chi connectivity index (χ3n) is 2.93. The molecule has 0 saturated carbocycles. The first-order chi connectivity index (χ1) is 7.84. The molecule has 0 spiro atoms. The van der Waals surface area contributed by atoms with Crippen molar-refractivity contribution in [1.29, 1.82) is 0 Å². The first-order valence-corrected chi connectivity index (χ1v) is 6.31. The van der Waals surface area contributed by atoms with Crippen LogP contribution < -0.4 is 0 Å². The number of allylic oxidation sites excluding steroid dienone is 2. The first-order valence-electron chi connectivity index (χ1n) is 6.31. The third kappa shape index (κ3) is 5.64. The fraction of sp³-hybridized carbons (Fsp3) is 0.846. The first kappa shape index (κ1) is 12.1. The molecule has 3 heteroatoms. The Morgan fingerprint density at radius 3 is 2.12 bits per heavy atom. The molecular formula is C13H22O3. The summed E-state index contributed by atoms with van der Waals surface area (Å²) in [6.07, 6.45) is 8.64. The van der Waals surface area contributed by atoms with Gasteiger partial charge in [-0.1, -0.05) is 11.6 Å². The van der Waals surface area contributed by atoms with Gasteiger partial charge in [0, 0.05) is 0 Å². The van der Waals surface area contributed by atoms with Crippen molar-refractivity contribution in [2.75, 3.05) is 26.4 Å². The van der Waals surface area contributed by atoms with Crippen molar-refractivity contribution in [3.8, 4) is 0 Å². The number of epoxide rings is 2.